The van der Waals surface area contributed by atoms with Crippen LogP contribution in [0.5, 0.6) is 0 Å². The summed E-state index contributed by atoms with van der Waals surface area (Å²) in [5.74, 6) is 1.11. The van der Waals surface area contributed by atoms with Gasteiger partial charge in [-0.3, -0.25) is 0 Å². The van der Waals surface area contributed by atoms with E-state index in [2.05, 4.69) is 18.8 Å². The number of rotatable bonds is 8. The number of nitrogens with two attached hydrogens (primary N) is 1. The molecule has 18 heavy (non-hydrogen) atoms. The van der Waals surface area contributed by atoms with E-state index < -0.39 is 0 Å². The number of anilines is 1. The quantitative estimate of drug-likeness (QED) is 0.775. The molecular weight excluding hydrogens is 248 g/mol. The first-order valence-electron chi connectivity index (χ1n) is 6.66. The molecule has 0 spiro atoms. The van der Waals surface area contributed by atoms with Crippen LogP contribution in [0.25, 0.3) is 0 Å². The summed E-state index contributed by atoms with van der Waals surface area (Å²) in [6.07, 6.45) is 4.88. The highest BCUT2D eigenvalue weighted by molar-refractivity contribution is 6.31. The molecule has 3 nitrogen and oxygen atoms in total. The van der Waals surface area contributed by atoms with Gasteiger partial charge in [0.1, 0.15) is 5.82 Å². The minimum absolute atomic E-state index is 0.437. The molecule has 0 aliphatic rings. The SMILES string of the molecule is CCCCC(CC)COCc1nc(N)ccc1Cl. The van der Waals surface area contributed by atoms with Crippen LogP contribution in [0.3, 0.4) is 0 Å². The topological polar surface area (TPSA) is 48.1 Å². The summed E-state index contributed by atoms with van der Waals surface area (Å²) in [5, 5.41) is 0.616. The van der Waals surface area contributed by atoms with Crippen molar-refractivity contribution in [1.29, 1.82) is 0 Å². The maximum Gasteiger partial charge on any atom is 0.123 e. The first-order valence-corrected chi connectivity index (χ1v) is 7.03. The van der Waals surface area contributed by atoms with Crippen molar-refractivity contribution in [3.8, 4) is 0 Å². The molecule has 0 aromatic carbocycles. The van der Waals surface area contributed by atoms with E-state index in [1.165, 1.54) is 19.3 Å². The zero-order chi connectivity index (χ0) is 13.4. The molecule has 0 aliphatic heterocycles. The maximum atomic E-state index is 6.03. The van der Waals surface area contributed by atoms with Crippen LogP contribution < -0.4 is 5.73 Å². The van der Waals surface area contributed by atoms with Crippen molar-refractivity contribution in [1.82, 2.24) is 4.98 Å². The van der Waals surface area contributed by atoms with Crippen molar-refractivity contribution in [2.75, 3.05) is 12.3 Å². The molecule has 0 saturated carbocycles. The van der Waals surface area contributed by atoms with E-state index in [-0.39, 0.29) is 0 Å². The Morgan fingerprint density at radius 1 is 1.39 bits per heavy atom. The molecule has 102 valence electrons. The van der Waals surface area contributed by atoms with Gasteiger partial charge in [-0.2, -0.15) is 0 Å². The Morgan fingerprint density at radius 3 is 2.83 bits per heavy atom. The lowest BCUT2D eigenvalue weighted by Crippen LogP contribution is -2.10. The van der Waals surface area contributed by atoms with Crippen molar-refractivity contribution < 1.29 is 4.74 Å². The summed E-state index contributed by atoms with van der Waals surface area (Å²) < 4.78 is 5.70. The number of pyridine rings is 1. The normalized spacial score (nSPS) is 12.6. The first kappa shape index (κ1) is 15.3. The highest BCUT2D eigenvalue weighted by atomic mass is 35.5. The van der Waals surface area contributed by atoms with E-state index in [1.807, 2.05) is 0 Å². The van der Waals surface area contributed by atoms with E-state index >= 15 is 0 Å². The Labute approximate surface area is 115 Å². The molecule has 0 aliphatic carbocycles. The largest absolute Gasteiger partial charge is 0.384 e. The number of hydrogen-bond acceptors (Lipinski definition) is 3. The van der Waals surface area contributed by atoms with E-state index in [0.29, 0.717) is 23.4 Å². The van der Waals surface area contributed by atoms with Crippen molar-refractivity contribution in [2.45, 2.75) is 46.1 Å². The van der Waals surface area contributed by atoms with Crippen LogP contribution in [-0.2, 0) is 11.3 Å². The Hall–Kier alpha value is -0.800. The van der Waals surface area contributed by atoms with E-state index in [0.717, 1.165) is 18.7 Å². The van der Waals surface area contributed by atoms with Crippen LogP contribution in [0.15, 0.2) is 12.1 Å². The van der Waals surface area contributed by atoms with Crippen molar-refractivity contribution in [3.05, 3.63) is 22.8 Å². The summed E-state index contributed by atoms with van der Waals surface area (Å²) >= 11 is 6.03. The van der Waals surface area contributed by atoms with Gasteiger partial charge in [0.2, 0.25) is 0 Å². The van der Waals surface area contributed by atoms with Crippen LogP contribution in [0, 0.1) is 5.92 Å². The lowest BCUT2D eigenvalue weighted by atomic mass is 10.0. The summed E-state index contributed by atoms with van der Waals surface area (Å²) in [7, 11) is 0. The molecule has 4 heteroatoms. The number of nitrogens with zero attached hydrogens (tertiary/aromatic N) is 1. The number of hydrogen-bond donors (Lipinski definition) is 1. The van der Waals surface area contributed by atoms with Gasteiger partial charge in [-0.25, -0.2) is 4.98 Å². The molecule has 0 radical (unpaired) electrons. The fourth-order valence-corrected chi connectivity index (χ4v) is 1.98. The van der Waals surface area contributed by atoms with Crippen LogP contribution in [0.2, 0.25) is 5.02 Å². The van der Waals surface area contributed by atoms with E-state index in [1.54, 1.807) is 12.1 Å². The molecule has 1 aromatic rings. The third kappa shape index (κ3) is 5.23. The molecule has 2 N–H and O–H groups in total. The summed E-state index contributed by atoms with van der Waals surface area (Å²) in [6, 6.07) is 3.46. The number of unbranched alkanes of at least 4 members (excludes halogenated alkanes) is 1. The average molecular weight is 271 g/mol. The third-order valence-electron chi connectivity index (χ3n) is 3.08. The molecule has 1 aromatic heterocycles. The second kappa shape index (κ2) is 8.33. The Balaban J connectivity index is 2.37. The second-order valence-electron chi connectivity index (χ2n) is 4.60. The molecule has 1 atom stereocenters. The van der Waals surface area contributed by atoms with Gasteiger partial charge in [0, 0.05) is 6.61 Å². The maximum absolute atomic E-state index is 6.03. The Bertz CT molecular complexity index is 358. The second-order valence-corrected chi connectivity index (χ2v) is 5.00. The third-order valence-corrected chi connectivity index (χ3v) is 3.42. The molecule has 1 heterocycles. The fraction of sp³-hybridized carbons (Fsp3) is 0.643. The number of aromatic nitrogens is 1. The highest BCUT2D eigenvalue weighted by Gasteiger charge is 2.08. The van der Waals surface area contributed by atoms with Gasteiger partial charge in [0.25, 0.3) is 0 Å². The lowest BCUT2D eigenvalue weighted by Gasteiger charge is -2.14. The van der Waals surface area contributed by atoms with Crippen molar-refractivity contribution in [2.24, 2.45) is 5.92 Å². The van der Waals surface area contributed by atoms with Crippen molar-refractivity contribution in [3.63, 3.8) is 0 Å². The summed E-state index contributed by atoms with van der Waals surface area (Å²) in [4.78, 5) is 4.18. The molecule has 0 saturated heterocycles. The molecule has 1 unspecified atom stereocenters. The Kier molecular flexibility index (Phi) is 7.06. The van der Waals surface area contributed by atoms with Crippen LogP contribution >= 0.6 is 11.6 Å². The molecule has 0 amide bonds. The standard InChI is InChI=1S/C14H23ClN2O/c1-3-5-6-11(4-2)9-18-10-13-12(15)7-8-14(16)17-13/h7-8,11H,3-6,9-10H2,1-2H3,(H2,16,17). The van der Waals surface area contributed by atoms with E-state index in [9.17, 15) is 0 Å². The van der Waals surface area contributed by atoms with Gasteiger partial charge in [0.15, 0.2) is 0 Å². The van der Waals surface area contributed by atoms with Gasteiger partial charge >= 0.3 is 0 Å². The molecule has 1 rings (SSSR count). The van der Waals surface area contributed by atoms with Crippen LogP contribution in [0.4, 0.5) is 5.82 Å². The predicted octanol–water partition coefficient (Wildman–Crippen LogP) is 4.05. The number of nitrogen functional groups attached to an aromatic ring is 1. The molecular formula is C14H23ClN2O. The van der Waals surface area contributed by atoms with E-state index in [4.69, 9.17) is 22.1 Å². The van der Waals surface area contributed by atoms with Gasteiger partial charge in [-0.05, 0) is 24.5 Å². The number of ether oxygens (including phenoxy) is 1. The minimum Gasteiger partial charge on any atom is -0.384 e. The van der Waals surface area contributed by atoms with Crippen molar-refractivity contribution >= 4 is 17.4 Å². The predicted molar refractivity (Wildman–Crippen MR) is 76.6 cm³/mol. The fourth-order valence-electron chi connectivity index (χ4n) is 1.82. The number of halogens is 1. The summed E-state index contributed by atoms with van der Waals surface area (Å²) in [5.41, 5.74) is 6.35. The van der Waals surface area contributed by atoms with Crippen LogP contribution in [0.1, 0.15) is 45.2 Å². The van der Waals surface area contributed by atoms with Gasteiger partial charge in [-0.15, -0.1) is 0 Å². The Morgan fingerprint density at radius 2 is 2.17 bits per heavy atom. The first-order chi connectivity index (χ1) is 8.67. The van der Waals surface area contributed by atoms with Gasteiger partial charge in [0.05, 0.1) is 17.3 Å². The van der Waals surface area contributed by atoms with Gasteiger partial charge < -0.3 is 10.5 Å². The zero-order valence-electron chi connectivity index (χ0n) is 11.3. The molecule has 0 bridgehead atoms. The lowest BCUT2D eigenvalue weighted by molar-refractivity contribution is 0.0800. The highest BCUT2D eigenvalue weighted by Crippen LogP contribution is 2.18. The smallest absolute Gasteiger partial charge is 0.123 e. The monoisotopic (exact) mass is 270 g/mol. The van der Waals surface area contributed by atoms with Gasteiger partial charge in [-0.1, -0.05) is 44.7 Å². The summed E-state index contributed by atoms with van der Waals surface area (Å²) in [6.45, 7) is 5.62. The molecule has 0 fully saturated rings. The van der Waals surface area contributed by atoms with Crippen LogP contribution in [-0.4, -0.2) is 11.6 Å². The minimum atomic E-state index is 0.437. The zero-order valence-corrected chi connectivity index (χ0v) is 12.0. The average Bonchev–Trinajstić information content (AvgIpc) is 2.37.